The standard InChI is InChI=1S/C22H17N3O2/c1-27-21-13-12-20(24-25-21)16-8-4-9-17(14-16)23-22(26)19-11-5-7-15-6-2-3-10-18(15)19/h2-14H,1H3,(H,23,26). The van der Waals surface area contributed by atoms with Gasteiger partial charge in [-0.05, 0) is 35.0 Å². The molecule has 27 heavy (non-hydrogen) atoms. The number of ether oxygens (including phenoxy) is 1. The average Bonchev–Trinajstić information content (AvgIpc) is 2.73. The number of hydrogen-bond donors (Lipinski definition) is 1. The molecule has 4 rings (SSSR count). The van der Waals surface area contributed by atoms with Crippen molar-refractivity contribution in [2.75, 3.05) is 12.4 Å². The van der Waals surface area contributed by atoms with Crippen molar-refractivity contribution < 1.29 is 9.53 Å². The largest absolute Gasteiger partial charge is 0.480 e. The van der Waals surface area contributed by atoms with Crippen LogP contribution in [0.25, 0.3) is 22.0 Å². The van der Waals surface area contributed by atoms with Gasteiger partial charge in [0.25, 0.3) is 5.91 Å². The molecule has 3 aromatic carbocycles. The van der Waals surface area contributed by atoms with Crippen LogP contribution in [0, 0.1) is 0 Å². The van der Waals surface area contributed by atoms with Crippen molar-refractivity contribution in [3.05, 3.63) is 84.4 Å². The highest BCUT2D eigenvalue weighted by Gasteiger charge is 2.11. The second kappa shape index (κ2) is 7.25. The maximum atomic E-state index is 12.8. The number of carbonyl (C=O) groups excluding carboxylic acids is 1. The highest BCUT2D eigenvalue weighted by molar-refractivity contribution is 6.13. The topological polar surface area (TPSA) is 64.1 Å². The summed E-state index contributed by atoms with van der Waals surface area (Å²) in [6.45, 7) is 0. The number of aromatic nitrogens is 2. The molecule has 0 fully saturated rings. The lowest BCUT2D eigenvalue weighted by molar-refractivity contribution is 0.102. The van der Waals surface area contributed by atoms with Gasteiger partial charge in [-0.2, -0.15) is 0 Å². The van der Waals surface area contributed by atoms with Crippen LogP contribution < -0.4 is 10.1 Å². The van der Waals surface area contributed by atoms with Gasteiger partial charge < -0.3 is 10.1 Å². The van der Waals surface area contributed by atoms with Crippen LogP contribution in [-0.2, 0) is 0 Å². The summed E-state index contributed by atoms with van der Waals surface area (Å²) in [5.74, 6) is 0.309. The van der Waals surface area contributed by atoms with E-state index >= 15 is 0 Å². The number of amides is 1. The minimum absolute atomic E-state index is 0.148. The van der Waals surface area contributed by atoms with E-state index in [1.54, 1.807) is 13.2 Å². The van der Waals surface area contributed by atoms with Gasteiger partial charge >= 0.3 is 0 Å². The van der Waals surface area contributed by atoms with Crippen molar-refractivity contribution in [1.82, 2.24) is 10.2 Å². The van der Waals surface area contributed by atoms with Crippen molar-refractivity contribution in [3.8, 4) is 17.1 Å². The Hall–Kier alpha value is -3.73. The summed E-state index contributed by atoms with van der Waals surface area (Å²) < 4.78 is 5.03. The van der Waals surface area contributed by atoms with E-state index in [9.17, 15) is 4.79 Å². The lowest BCUT2D eigenvalue weighted by atomic mass is 10.0. The molecule has 1 N–H and O–H groups in total. The van der Waals surface area contributed by atoms with Crippen LogP contribution in [0.1, 0.15) is 10.4 Å². The molecule has 0 unspecified atom stereocenters. The van der Waals surface area contributed by atoms with E-state index < -0.39 is 0 Å². The molecule has 0 aliphatic rings. The number of anilines is 1. The fourth-order valence-corrected chi connectivity index (χ4v) is 2.96. The Morgan fingerprint density at radius 3 is 2.52 bits per heavy atom. The summed E-state index contributed by atoms with van der Waals surface area (Å²) in [5.41, 5.74) is 2.91. The second-order valence-corrected chi connectivity index (χ2v) is 6.02. The summed E-state index contributed by atoms with van der Waals surface area (Å²) >= 11 is 0. The summed E-state index contributed by atoms with van der Waals surface area (Å²) in [6, 6.07) is 24.7. The molecule has 0 spiro atoms. The molecule has 4 aromatic rings. The third-order valence-electron chi connectivity index (χ3n) is 4.30. The molecule has 0 bridgehead atoms. The fraction of sp³-hybridized carbons (Fsp3) is 0.0455. The smallest absolute Gasteiger partial charge is 0.256 e. The Morgan fingerprint density at radius 1 is 0.889 bits per heavy atom. The first-order valence-corrected chi connectivity index (χ1v) is 8.52. The minimum Gasteiger partial charge on any atom is -0.480 e. The molecule has 1 aromatic heterocycles. The zero-order chi connectivity index (χ0) is 18.6. The molecular weight excluding hydrogens is 338 g/mol. The summed E-state index contributed by atoms with van der Waals surface area (Å²) in [7, 11) is 1.55. The SMILES string of the molecule is COc1ccc(-c2cccc(NC(=O)c3cccc4ccccc34)c2)nn1. The predicted octanol–water partition coefficient (Wildman–Crippen LogP) is 4.56. The van der Waals surface area contributed by atoms with Gasteiger partial charge in [0.15, 0.2) is 0 Å². The van der Waals surface area contributed by atoms with Gasteiger partial charge in [-0.15, -0.1) is 10.2 Å². The lowest BCUT2D eigenvalue weighted by Crippen LogP contribution is -2.12. The van der Waals surface area contributed by atoms with E-state index in [0.29, 0.717) is 22.8 Å². The highest BCUT2D eigenvalue weighted by Crippen LogP contribution is 2.23. The van der Waals surface area contributed by atoms with Gasteiger partial charge in [0.1, 0.15) is 0 Å². The first kappa shape index (κ1) is 16.7. The summed E-state index contributed by atoms with van der Waals surface area (Å²) in [6.07, 6.45) is 0. The van der Waals surface area contributed by atoms with Crippen molar-refractivity contribution in [2.45, 2.75) is 0 Å². The Kier molecular flexibility index (Phi) is 4.49. The lowest BCUT2D eigenvalue weighted by Gasteiger charge is -2.09. The van der Waals surface area contributed by atoms with Gasteiger partial charge in [0.2, 0.25) is 5.88 Å². The van der Waals surface area contributed by atoms with E-state index in [2.05, 4.69) is 15.5 Å². The van der Waals surface area contributed by atoms with Crippen molar-refractivity contribution >= 4 is 22.4 Å². The first-order valence-electron chi connectivity index (χ1n) is 8.52. The van der Waals surface area contributed by atoms with Crippen molar-refractivity contribution in [1.29, 1.82) is 0 Å². The number of fused-ring (bicyclic) bond motifs is 1. The Bertz CT molecular complexity index is 1100. The van der Waals surface area contributed by atoms with E-state index in [1.807, 2.05) is 72.8 Å². The van der Waals surface area contributed by atoms with Crippen LogP contribution >= 0.6 is 0 Å². The molecule has 5 heteroatoms. The molecule has 0 radical (unpaired) electrons. The van der Waals surface area contributed by atoms with E-state index in [1.165, 1.54) is 0 Å². The molecule has 0 aliphatic heterocycles. The summed E-state index contributed by atoms with van der Waals surface area (Å²) in [5, 5.41) is 13.1. The molecule has 0 aliphatic carbocycles. The van der Waals surface area contributed by atoms with Gasteiger partial charge in [0, 0.05) is 22.9 Å². The number of methoxy groups -OCH3 is 1. The van der Waals surface area contributed by atoms with Gasteiger partial charge in [-0.1, -0.05) is 48.5 Å². The quantitative estimate of drug-likeness (QED) is 0.583. The maximum Gasteiger partial charge on any atom is 0.256 e. The van der Waals surface area contributed by atoms with E-state index in [0.717, 1.165) is 16.3 Å². The van der Waals surface area contributed by atoms with Crippen LogP contribution in [0.5, 0.6) is 5.88 Å². The molecule has 132 valence electrons. The van der Waals surface area contributed by atoms with E-state index in [-0.39, 0.29) is 5.91 Å². The fourth-order valence-electron chi connectivity index (χ4n) is 2.96. The molecule has 0 saturated carbocycles. The van der Waals surface area contributed by atoms with Crippen LogP contribution in [0.2, 0.25) is 0 Å². The zero-order valence-electron chi connectivity index (χ0n) is 14.7. The number of benzene rings is 3. The Balaban J connectivity index is 1.61. The monoisotopic (exact) mass is 355 g/mol. The van der Waals surface area contributed by atoms with Gasteiger partial charge in [-0.3, -0.25) is 4.79 Å². The first-order chi connectivity index (χ1) is 13.2. The van der Waals surface area contributed by atoms with Crippen LogP contribution in [0.3, 0.4) is 0 Å². The number of nitrogens with zero attached hydrogens (tertiary/aromatic N) is 2. The summed E-state index contributed by atoms with van der Waals surface area (Å²) in [4.78, 5) is 12.8. The molecule has 1 heterocycles. The van der Waals surface area contributed by atoms with Crippen LogP contribution in [0.4, 0.5) is 5.69 Å². The van der Waals surface area contributed by atoms with E-state index in [4.69, 9.17) is 4.74 Å². The minimum atomic E-state index is -0.148. The molecular formula is C22H17N3O2. The Labute approximate surface area is 156 Å². The van der Waals surface area contributed by atoms with Crippen LogP contribution in [0.15, 0.2) is 78.9 Å². The Morgan fingerprint density at radius 2 is 1.70 bits per heavy atom. The number of hydrogen-bond acceptors (Lipinski definition) is 4. The zero-order valence-corrected chi connectivity index (χ0v) is 14.7. The second-order valence-electron chi connectivity index (χ2n) is 6.02. The highest BCUT2D eigenvalue weighted by atomic mass is 16.5. The van der Waals surface area contributed by atoms with Gasteiger partial charge in [0.05, 0.1) is 12.8 Å². The normalized spacial score (nSPS) is 10.6. The average molecular weight is 355 g/mol. The third-order valence-corrected chi connectivity index (χ3v) is 4.30. The van der Waals surface area contributed by atoms with Crippen molar-refractivity contribution in [2.24, 2.45) is 0 Å². The molecule has 5 nitrogen and oxygen atoms in total. The van der Waals surface area contributed by atoms with Crippen molar-refractivity contribution in [3.63, 3.8) is 0 Å². The van der Waals surface area contributed by atoms with Gasteiger partial charge in [-0.25, -0.2) is 0 Å². The molecule has 0 saturated heterocycles. The maximum absolute atomic E-state index is 12.8. The molecule has 1 amide bonds. The number of carbonyl (C=O) groups is 1. The van der Waals surface area contributed by atoms with Crippen LogP contribution in [-0.4, -0.2) is 23.2 Å². The third kappa shape index (κ3) is 3.48. The number of rotatable bonds is 4. The predicted molar refractivity (Wildman–Crippen MR) is 106 cm³/mol. The molecule has 0 atom stereocenters. The number of nitrogens with one attached hydrogen (secondary N) is 1.